The van der Waals surface area contributed by atoms with Crippen LogP contribution in [0.3, 0.4) is 0 Å². The van der Waals surface area contributed by atoms with Gasteiger partial charge in [-0.1, -0.05) is 110 Å². The molecule has 2 rings (SSSR count). The summed E-state index contributed by atoms with van der Waals surface area (Å²) in [5.41, 5.74) is 4.23. The number of carbonyl (C=O) groups excluding carboxylic acids is 2. The number of ether oxygens (including phenoxy) is 23. The average Bonchev–Trinajstić information content (AvgIpc) is 1.68. The van der Waals surface area contributed by atoms with E-state index < -0.39 is 6.09 Å². The number of hydrogen-bond acceptors (Lipinski definition) is 26. The molecule has 1 aromatic carbocycles. The molecule has 29 heteroatoms. The van der Waals surface area contributed by atoms with Gasteiger partial charge in [0.15, 0.2) is 0 Å². The molecule has 0 aliphatic carbocycles. The molecule has 105 heavy (non-hydrogen) atoms. The normalized spacial score (nSPS) is 11.7. The third-order valence-electron chi connectivity index (χ3n) is 15.5. The summed E-state index contributed by atoms with van der Waals surface area (Å²) in [4.78, 5) is 33.4. The van der Waals surface area contributed by atoms with E-state index in [1.54, 1.807) is 19.2 Å². The first-order valence-electron chi connectivity index (χ1n) is 39.2. The molecule has 0 radical (unpaired) electrons. The molecule has 3 N–H and O–H groups in total. The van der Waals surface area contributed by atoms with Crippen LogP contribution in [0.4, 0.5) is 4.79 Å². The van der Waals surface area contributed by atoms with Gasteiger partial charge >= 0.3 is 6.09 Å². The van der Waals surface area contributed by atoms with Crippen molar-refractivity contribution in [3.05, 3.63) is 30.0 Å². The first kappa shape index (κ1) is 97.7. The van der Waals surface area contributed by atoms with E-state index in [2.05, 4.69) is 22.7 Å². The maximum Gasteiger partial charge on any atom is 0.436 e. The number of hydroxylamine groups is 1. The Morgan fingerprint density at radius 1 is 0.324 bits per heavy atom. The number of amides is 2. The summed E-state index contributed by atoms with van der Waals surface area (Å²) in [5, 5.41) is 3.99. The average molecular weight is 1510 g/mol. The largest absolute Gasteiger partial charge is 0.436 e. The number of hydrogen-bond donors (Lipinski definition) is 3. The molecule has 29 nitrogen and oxygen atoms in total. The summed E-state index contributed by atoms with van der Waals surface area (Å²) >= 11 is 0. The van der Waals surface area contributed by atoms with Crippen LogP contribution in [0.2, 0.25) is 0 Å². The zero-order chi connectivity index (χ0) is 74.6. The Morgan fingerprint density at radius 3 is 0.857 bits per heavy atom. The Balaban J connectivity index is 1.17. The maximum atomic E-state index is 12.5. The van der Waals surface area contributed by atoms with Crippen LogP contribution in [0.1, 0.15) is 128 Å². The van der Waals surface area contributed by atoms with Crippen LogP contribution < -0.4 is 15.5 Å². The van der Waals surface area contributed by atoms with Crippen molar-refractivity contribution in [3.8, 4) is 5.75 Å². The lowest BCUT2D eigenvalue weighted by Crippen LogP contribution is -2.28. The Morgan fingerprint density at radius 2 is 0.581 bits per heavy atom. The summed E-state index contributed by atoms with van der Waals surface area (Å²) in [6.45, 7) is 23.4. The summed E-state index contributed by atoms with van der Waals surface area (Å²) in [5.74, 6) is 0.470. The number of fused-ring (bicyclic) bond motifs is 1. The molecule has 616 valence electrons. The number of carbonyl (C=O) groups is 2. The summed E-state index contributed by atoms with van der Waals surface area (Å²) in [6, 6.07) is 5.37. The lowest BCUT2D eigenvalue weighted by Gasteiger charge is -2.09. The van der Waals surface area contributed by atoms with Crippen molar-refractivity contribution in [2.45, 2.75) is 129 Å². The molecule has 0 atom stereocenters. The number of aromatic nitrogens is 1. The van der Waals surface area contributed by atoms with Crippen LogP contribution in [0.25, 0.3) is 10.9 Å². The zero-order valence-electron chi connectivity index (χ0n) is 64.7. The van der Waals surface area contributed by atoms with Crippen LogP contribution in [0.15, 0.2) is 24.4 Å². The van der Waals surface area contributed by atoms with Gasteiger partial charge in [0, 0.05) is 37.2 Å². The summed E-state index contributed by atoms with van der Waals surface area (Å²) in [6.07, 6.45) is 24.9. The maximum absolute atomic E-state index is 12.5. The zero-order valence-corrected chi connectivity index (χ0v) is 64.7. The van der Waals surface area contributed by atoms with Crippen molar-refractivity contribution in [1.29, 1.82) is 0 Å². The Kier molecular flexibility index (Phi) is 77.3. The van der Waals surface area contributed by atoms with Gasteiger partial charge in [-0.2, -0.15) is 5.48 Å². The SMILES string of the molecule is CCCCCCCCCCCCCCCCCCCC(=O)NCCc1c[nH]c2ccc(OC(=O)NOCCOCCOCCOCCOCCOCCOCCOCCOCCOCCOCCOCCOCCOCCOCCOCCOCCOCCOCCOCCOCCOCCOC)cc12. The highest BCUT2D eigenvalue weighted by Crippen LogP contribution is 2.24. The van der Waals surface area contributed by atoms with E-state index in [0.717, 1.165) is 29.3 Å². The van der Waals surface area contributed by atoms with Crippen molar-refractivity contribution in [2.24, 2.45) is 0 Å². The molecule has 0 aliphatic rings. The predicted molar refractivity (Wildman–Crippen MR) is 398 cm³/mol. The third-order valence-corrected chi connectivity index (χ3v) is 15.5. The second kappa shape index (κ2) is 83.1. The number of H-pyrrole nitrogens is 1. The molecule has 0 aliphatic heterocycles. The Labute approximate surface area is 628 Å². The van der Waals surface area contributed by atoms with Crippen molar-refractivity contribution < 1.29 is 123 Å². The predicted octanol–water partition coefficient (Wildman–Crippen LogP) is 8.88. The molecule has 0 spiro atoms. The molecule has 0 saturated carbocycles. The summed E-state index contributed by atoms with van der Waals surface area (Å²) < 4.78 is 126. The van der Waals surface area contributed by atoms with Gasteiger partial charge in [0.1, 0.15) is 5.75 Å². The Hall–Kier alpha value is -3.42. The minimum Gasteiger partial charge on any atom is -0.409 e. The van der Waals surface area contributed by atoms with Gasteiger partial charge in [-0.25, -0.2) is 4.79 Å². The second-order valence-corrected chi connectivity index (χ2v) is 24.2. The molecule has 2 aromatic rings. The molecule has 1 heterocycles. The smallest absolute Gasteiger partial charge is 0.409 e. The highest BCUT2D eigenvalue weighted by atomic mass is 16.7. The van der Waals surface area contributed by atoms with E-state index in [1.807, 2.05) is 12.3 Å². The van der Waals surface area contributed by atoms with Gasteiger partial charge in [-0.15, -0.1) is 0 Å². The fourth-order valence-electron chi connectivity index (χ4n) is 9.84. The molecule has 1 aromatic heterocycles. The first-order chi connectivity index (χ1) is 52.1. The van der Waals surface area contributed by atoms with Crippen LogP contribution in [0.5, 0.6) is 5.75 Å². The van der Waals surface area contributed by atoms with Crippen molar-refractivity contribution in [1.82, 2.24) is 15.8 Å². The Bertz CT molecular complexity index is 2080. The van der Waals surface area contributed by atoms with Crippen LogP contribution >= 0.6 is 0 Å². The standard InChI is InChI=1S/C76H141N3O26/c1-3-4-5-6-7-8-9-10-11-12-13-14-15-16-17-18-19-20-75(80)77-24-23-71-70-78-74-22-21-72(69-73(71)74)105-76(81)79-104-68-67-103-66-65-102-64-63-101-62-61-100-60-59-99-58-57-98-56-55-97-54-53-96-52-51-95-50-49-94-48-47-93-46-45-92-44-43-91-42-41-90-40-39-89-38-37-88-36-35-87-34-33-86-32-31-85-30-29-84-28-27-83-26-25-82-2/h21-22,69-70,78H,3-20,23-68H2,1-2H3,(H,77,80)(H,79,81). The number of benzene rings is 1. The van der Waals surface area contributed by atoms with Gasteiger partial charge in [0.2, 0.25) is 5.91 Å². The van der Waals surface area contributed by atoms with Crippen molar-refractivity contribution >= 4 is 22.9 Å². The first-order valence-corrected chi connectivity index (χ1v) is 39.2. The summed E-state index contributed by atoms with van der Waals surface area (Å²) in [7, 11) is 1.64. The van der Waals surface area contributed by atoms with Gasteiger partial charge in [-0.05, 0) is 36.6 Å². The molecule has 0 saturated heterocycles. The molecule has 0 bridgehead atoms. The lowest BCUT2D eigenvalue weighted by atomic mass is 10.0. The van der Waals surface area contributed by atoms with E-state index in [4.69, 9.17) is 114 Å². The number of methoxy groups -OCH3 is 1. The highest BCUT2D eigenvalue weighted by molar-refractivity contribution is 5.85. The van der Waals surface area contributed by atoms with Gasteiger partial charge in [0.25, 0.3) is 0 Å². The number of aromatic amines is 1. The van der Waals surface area contributed by atoms with Crippen molar-refractivity contribution in [2.75, 3.05) is 304 Å². The number of nitrogens with one attached hydrogen (secondary N) is 3. The molecule has 0 fully saturated rings. The van der Waals surface area contributed by atoms with Crippen LogP contribution in [-0.4, -0.2) is 321 Å². The minimum atomic E-state index is -0.744. The van der Waals surface area contributed by atoms with E-state index in [1.165, 1.54) is 96.3 Å². The molecule has 0 unspecified atom stereocenters. The van der Waals surface area contributed by atoms with Crippen LogP contribution in [-0.2, 0) is 120 Å². The topological polar surface area (TPSA) is 296 Å². The van der Waals surface area contributed by atoms with E-state index in [-0.39, 0.29) is 19.1 Å². The molecular weight excluding hydrogens is 1370 g/mol. The fraction of sp³-hybridized carbons (Fsp3) is 0.868. The molecular formula is C76H141N3O26. The molecule has 2 amide bonds. The minimum absolute atomic E-state index is 0.0937. The lowest BCUT2D eigenvalue weighted by molar-refractivity contribution is -0.121. The number of rotatable bonds is 89. The van der Waals surface area contributed by atoms with Crippen LogP contribution in [0, 0.1) is 0 Å². The van der Waals surface area contributed by atoms with E-state index in [0.29, 0.717) is 303 Å². The third kappa shape index (κ3) is 71.9. The number of unbranched alkanes of at least 4 members (excludes halogenated alkanes) is 16. The quantitative estimate of drug-likeness (QED) is 0.0411. The van der Waals surface area contributed by atoms with Gasteiger partial charge < -0.3 is 119 Å². The van der Waals surface area contributed by atoms with Crippen molar-refractivity contribution in [3.63, 3.8) is 0 Å². The fourth-order valence-corrected chi connectivity index (χ4v) is 9.84. The monoisotopic (exact) mass is 1510 g/mol. The van der Waals surface area contributed by atoms with Gasteiger partial charge in [-0.3, -0.25) is 9.63 Å². The second-order valence-electron chi connectivity index (χ2n) is 24.2. The van der Waals surface area contributed by atoms with E-state index in [9.17, 15) is 9.59 Å². The van der Waals surface area contributed by atoms with E-state index >= 15 is 0 Å². The highest BCUT2D eigenvalue weighted by Gasteiger charge is 2.11. The van der Waals surface area contributed by atoms with Gasteiger partial charge in [0.05, 0.1) is 291 Å².